The van der Waals surface area contributed by atoms with Gasteiger partial charge in [0.15, 0.2) is 5.76 Å². The molecule has 3 N–H and O–H groups in total. The number of ketones is 1. The van der Waals surface area contributed by atoms with E-state index >= 15 is 0 Å². The number of nitrogens with two attached hydrogens (primary N) is 1. The molecule has 6 nitrogen and oxygen atoms in total. The lowest BCUT2D eigenvalue weighted by Crippen LogP contribution is -2.81. The molecule has 144 valence electrons. The Labute approximate surface area is 165 Å². The number of furan rings is 1. The molecule has 0 bridgehead atoms. The van der Waals surface area contributed by atoms with Crippen molar-refractivity contribution in [3.8, 4) is 0 Å². The van der Waals surface area contributed by atoms with Gasteiger partial charge in [0.25, 0.3) is 0 Å². The average Bonchev–Trinajstić information content (AvgIpc) is 3.03. The highest BCUT2D eigenvalue weighted by Crippen LogP contribution is 2.30. The van der Waals surface area contributed by atoms with Gasteiger partial charge in [-0.15, -0.1) is 11.8 Å². The summed E-state index contributed by atoms with van der Waals surface area (Å²) >= 11 is 1.58. The number of quaternary nitrogens is 1. The van der Waals surface area contributed by atoms with E-state index in [0.717, 1.165) is 4.90 Å². The molecule has 1 aromatic heterocycles. The fraction of sp³-hybridized carbons (Fsp3) is 0.190. The molecule has 0 aliphatic carbocycles. The topological polar surface area (TPSA) is 101 Å². The molecular weight excluding hydrogens is 378 g/mol. The van der Waals surface area contributed by atoms with Gasteiger partial charge in [-0.2, -0.15) is 0 Å². The van der Waals surface area contributed by atoms with Crippen LogP contribution in [0.1, 0.15) is 35.0 Å². The van der Waals surface area contributed by atoms with Crippen molar-refractivity contribution in [2.24, 2.45) is 0 Å². The van der Waals surface area contributed by atoms with Crippen LogP contribution in [0.2, 0.25) is 0 Å². The summed E-state index contributed by atoms with van der Waals surface area (Å²) in [5, 5.41) is 11.2. The fourth-order valence-electron chi connectivity index (χ4n) is 3.03. The van der Waals surface area contributed by atoms with Gasteiger partial charge in [-0.25, -0.2) is 4.79 Å². The monoisotopic (exact) mass is 398 g/mol. The number of thioether (sulfide) groups is 1. The van der Waals surface area contributed by atoms with Crippen LogP contribution in [0.5, 0.6) is 0 Å². The van der Waals surface area contributed by atoms with Crippen LogP contribution >= 0.6 is 11.8 Å². The summed E-state index contributed by atoms with van der Waals surface area (Å²) in [6.07, 6.45) is 2.03. The Morgan fingerprint density at radius 1 is 1.11 bits per heavy atom. The number of fused-ring (bicyclic) bond motifs is 1. The number of primary amides is 1. The third-order valence-corrected chi connectivity index (χ3v) is 5.08. The van der Waals surface area contributed by atoms with E-state index in [1.54, 1.807) is 42.1 Å². The lowest BCUT2D eigenvalue weighted by Gasteiger charge is -2.03. The fourth-order valence-corrected chi connectivity index (χ4v) is 3.44. The molecule has 0 atom stereocenters. The Morgan fingerprint density at radius 3 is 2.43 bits per heavy atom. The summed E-state index contributed by atoms with van der Waals surface area (Å²) in [5.74, 6) is -1.18. The summed E-state index contributed by atoms with van der Waals surface area (Å²) in [6.45, 7) is 1.46. The van der Waals surface area contributed by atoms with E-state index in [9.17, 15) is 14.4 Å². The SMILES string of the molecule is CSc1ccc(C(=O)c2oc3cc([NH2+]C(C)=O)ccc3c2CCC(=O)O)cc1. The van der Waals surface area contributed by atoms with Crippen molar-refractivity contribution in [1.82, 2.24) is 0 Å². The first-order valence-electron chi connectivity index (χ1n) is 8.70. The number of carbonyl (C=O) groups is 3. The Morgan fingerprint density at radius 2 is 1.82 bits per heavy atom. The largest absolute Gasteiger partial charge is 0.481 e. The zero-order valence-corrected chi connectivity index (χ0v) is 16.3. The van der Waals surface area contributed by atoms with Crippen LogP contribution < -0.4 is 5.32 Å². The third kappa shape index (κ3) is 4.32. The smallest absolute Gasteiger partial charge is 0.312 e. The molecule has 3 aromatic rings. The molecule has 0 fully saturated rings. The third-order valence-electron chi connectivity index (χ3n) is 4.33. The molecular formula is C21H20NO5S+. The van der Waals surface area contributed by atoms with E-state index in [1.807, 2.05) is 18.4 Å². The lowest BCUT2D eigenvalue weighted by atomic mass is 10.0. The molecule has 28 heavy (non-hydrogen) atoms. The minimum atomic E-state index is -0.946. The highest BCUT2D eigenvalue weighted by molar-refractivity contribution is 7.98. The number of carboxylic acids is 1. The molecule has 0 radical (unpaired) electrons. The number of rotatable bonds is 7. The van der Waals surface area contributed by atoms with Gasteiger partial charge < -0.3 is 9.52 Å². The van der Waals surface area contributed by atoms with Gasteiger partial charge in [-0.1, -0.05) is 0 Å². The first-order chi connectivity index (χ1) is 13.4. The maximum atomic E-state index is 13.0. The van der Waals surface area contributed by atoms with Crippen molar-refractivity contribution in [3.05, 3.63) is 59.4 Å². The molecule has 0 saturated carbocycles. The Balaban J connectivity index is 2.06. The minimum Gasteiger partial charge on any atom is -0.481 e. The molecule has 0 aliphatic rings. The van der Waals surface area contributed by atoms with Crippen molar-refractivity contribution < 1.29 is 29.2 Å². The lowest BCUT2D eigenvalue weighted by molar-refractivity contribution is -0.481. The number of aryl methyl sites for hydroxylation is 1. The molecule has 2 aromatic carbocycles. The Bertz CT molecular complexity index is 1050. The highest BCUT2D eigenvalue weighted by Gasteiger charge is 2.23. The van der Waals surface area contributed by atoms with Gasteiger partial charge in [0, 0.05) is 40.0 Å². The highest BCUT2D eigenvalue weighted by atomic mass is 32.2. The summed E-state index contributed by atoms with van der Waals surface area (Å²) in [4.78, 5) is 36.5. The van der Waals surface area contributed by atoms with E-state index < -0.39 is 5.97 Å². The van der Waals surface area contributed by atoms with Crippen LogP contribution in [0.4, 0.5) is 5.69 Å². The van der Waals surface area contributed by atoms with Gasteiger partial charge in [0.2, 0.25) is 5.78 Å². The molecule has 3 rings (SSSR count). The Kier molecular flexibility index (Phi) is 5.96. The van der Waals surface area contributed by atoms with Crippen LogP contribution in [-0.2, 0) is 16.0 Å². The van der Waals surface area contributed by atoms with Crippen LogP contribution in [0.3, 0.4) is 0 Å². The zero-order valence-electron chi connectivity index (χ0n) is 15.5. The number of carbonyl (C=O) groups excluding carboxylic acids is 2. The predicted octanol–water partition coefficient (Wildman–Crippen LogP) is 3.14. The van der Waals surface area contributed by atoms with Gasteiger partial charge in [-0.3, -0.25) is 14.9 Å². The number of benzene rings is 2. The first kappa shape index (κ1) is 19.9. The van der Waals surface area contributed by atoms with E-state index in [1.165, 1.54) is 12.2 Å². The first-order valence-corrected chi connectivity index (χ1v) is 9.93. The molecule has 0 aliphatic heterocycles. The van der Waals surface area contributed by atoms with Crippen LogP contribution in [-0.4, -0.2) is 29.0 Å². The number of hydrogen-bond acceptors (Lipinski definition) is 5. The second kappa shape index (κ2) is 8.41. The van der Waals surface area contributed by atoms with Crippen LogP contribution in [0.25, 0.3) is 11.0 Å². The number of carboxylic acid groups (broad SMARTS) is 1. The van der Waals surface area contributed by atoms with E-state index in [0.29, 0.717) is 27.8 Å². The molecule has 1 heterocycles. The maximum absolute atomic E-state index is 13.0. The second-order valence-electron chi connectivity index (χ2n) is 6.37. The number of hydrogen-bond donors (Lipinski definition) is 2. The predicted molar refractivity (Wildman–Crippen MR) is 106 cm³/mol. The van der Waals surface area contributed by atoms with Gasteiger partial charge in [0.05, 0.1) is 6.92 Å². The number of aliphatic carboxylic acids is 1. The average molecular weight is 398 g/mol. The van der Waals surface area contributed by atoms with E-state index in [4.69, 9.17) is 9.52 Å². The molecule has 0 spiro atoms. The van der Waals surface area contributed by atoms with Crippen molar-refractivity contribution >= 4 is 46.1 Å². The quantitative estimate of drug-likeness (QED) is 0.360. The van der Waals surface area contributed by atoms with Gasteiger partial charge in [0.1, 0.15) is 11.3 Å². The van der Waals surface area contributed by atoms with Crippen LogP contribution in [0, 0.1) is 0 Å². The standard InChI is InChI=1S/C21H19NO5S/c1-12(23)22-14-5-8-16-17(9-10-19(24)25)21(27-18(16)11-14)20(26)13-3-6-15(28-2)7-4-13/h3-8,11H,9-10H2,1-2H3,(H,22,23)(H,24,25)/p+1. The molecule has 0 saturated heterocycles. The summed E-state index contributed by atoms with van der Waals surface area (Å²) in [7, 11) is 0. The maximum Gasteiger partial charge on any atom is 0.312 e. The Hall–Kier alpha value is -2.90. The molecule has 7 heteroatoms. The number of amides is 1. The summed E-state index contributed by atoms with van der Waals surface area (Å²) in [5.41, 5.74) is 2.18. The van der Waals surface area contributed by atoms with E-state index in [2.05, 4.69) is 0 Å². The molecule has 1 amide bonds. The van der Waals surface area contributed by atoms with Gasteiger partial charge in [-0.05, 0) is 43.0 Å². The zero-order chi connectivity index (χ0) is 20.3. The normalized spacial score (nSPS) is 10.9. The second-order valence-corrected chi connectivity index (χ2v) is 7.25. The van der Waals surface area contributed by atoms with Crippen molar-refractivity contribution in [2.45, 2.75) is 24.7 Å². The van der Waals surface area contributed by atoms with E-state index in [-0.39, 0.29) is 30.3 Å². The molecule has 0 unspecified atom stereocenters. The van der Waals surface area contributed by atoms with Crippen molar-refractivity contribution in [3.63, 3.8) is 0 Å². The van der Waals surface area contributed by atoms with Gasteiger partial charge >= 0.3 is 11.9 Å². The summed E-state index contributed by atoms with van der Waals surface area (Å²) < 4.78 is 5.85. The minimum absolute atomic E-state index is 0.0952. The van der Waals surface area contributed by atoms with Crippen molar-refractivity contribution in [1.29, 1.82) is 0 Å². The summed E-state index contributed by atoms with van der Waals surface area (Å²) in [6, 6.07) is 12.4. The van der Waals surface area contributed by atoms with Crippen LogP contribution in [0.15, 0.2) is 51.8 Å². The van der Waals surface area contributed by atoms with Crippen molar-refractivity contribution in [2.75, 3.05) is 6.26 Å².